The van der Waals surface area contributed by atoms with Crippen molar-refractivity contribution in [3.8, 4) is 5.75 Å². The highest BCUT2D eigenvalue weighted by Gasteiger charge is 2.52. The Labute approximate surface area is 139 Å². The molecule has 4 nitrogen and oxygen atoms in total. The average molecular weight is 324 g/mol. The van der Waals surface area contributed by atoms with E-state index in [1.54, 1.807) is 0 Å². The van der Waals surface area contributed by atoms with Crippen LogP contribution in [0.2, 0.25) is 0 Å². The number of nitrogens with one attached hydrogen (secondary N) is 2. The second-order valence-electron chi connectivity index (χ2n) is 6.03. The number of carbonyl (C=O) groups excluding carboxylic acids is 1. The first-order valence-electron chi connectivity index (χ1n) is 7.55. The number of fused-ring (bicyclic) bond motifs is 2. The zero-order valence-electron chi connectivity index (χ0n) is 12.6. The Morgan fingerprint density at radius 1 is 1.22 bits per heavy atom. The maximum Gasteiger partial charge on any atom is 0.256 e. The largest absolute Gasteiger partial charge is 0.485 e. The Hall–Kier alpha value is -2.40. The summed E-state index contributed by atoms with van der Waals surface area (Å²) in [5.74, 6) is 0.613. The van der Waals surface area contributed by atoms with Crippen molar-refractivity contribution in [1.29, 1.82) is 0 Å². The van der Waals surface area contributed by atoms with Gasteiger partial charge in [0, 0.05) is 12.0 Å². The molecule has 23 heavy (non-hydrogen) atoms. The van der Waals surface area contributed by atoms with Crippen LogP contribution in [0.5, 0.6) is 5.75 Å². The Bertz CT molecular complexity index is 806. The summed E-state index contributed by atoms with van der Waals surface area (Å²) in [4.78, 5) is 12.7. The summed E-state index contributed by atoms with van der Waals surface area (Å²) >= 11 is 5.18. The molecule has 0 aromatic heterocycles. The van der Waals surface area contributed by atoms with Gasteiger partial charge in [0.05, 0.1) is 0 Å². The van der Waals surface area contributed by atoms with Crippen molar-refractivity contribution in [2.24, 2.45) is 0 Å². The van der Waals surface area contributed by atoms with E-state index in [-0.39, 0.29) is 12.0 Å². The third-order valence-corrected chi connectivity index (χ3v) is 4.67. The van der Waals surface area contributed by atoms with Crippen molar-refractivity contribution >= 4 is 23.2 Å². The lowest BCUT2D eigenvalue weighted by molar-refractivity contribution is -0.126. The van der Waals surface area contributed by atoms with Crippen molar-refractivity contribution in [3.05, 3.63) is 65.2 Å². The summed E-state index contributed by atoms with van der Waals surface area (Å²) in [5, 5.41) is 6.30. The number of rotatable bonds is 1. The third-order valence-electron chi connectivity index (χ3n) is 4.47. The molecule has 0 saturated carbocycles. The summed E-state index contributed by atoms with van der Waals surface area (Å²) in [6, 6.07) is 15.9. The lowest BCUT2D eigenvalue weighted by Gasteiger charge is -2.38. The van der Waals surface area contributed by atoms with E-state index in [9.17, 15) is 4.79 Å². The Morgan fingerprint density at radius 2 is 2.00 bits per heavy atom. The van der Waals surface area contributed by atoms with Crippen LogP contribution in [0.1, 0.15) is 29.2 Å². The predicted octanol–water partition coefficient (Wildman–Crippen LogP) is 2.72. The molecule has 2 heterocycles. The molecule has 0 radical (unpaired) electrons. The molecule has 2 aromatic carbocycles. The Balaban J connectivity index is 1.86. The minimum absolute atomic E-state index is 0.112. The van der Waals surface area contributed by atoms with Gasteiger partial charge in [-0.3, -0.25) is 4.79 Å². The molecule has 2 aliphatic heterocycles. The monoisotopic (exact) mass is 324 g/mol. The third kappa shape index (κ3) is 2.19. The molecule has 2 atom stereocenters. The van der Waals surface area contributed by atoms with E-state index in [4.69, 9.17) is 17.0 Å². The van der Waals surface area contributed by atoms with Gasteiger partial charge in [0.1, 0.15) is 11.9 Å². The van der Waals surface area contributed by atoms with E-state index in [1.807, 2.05) is 55.5 Å². The first kappa shape index (κ1) is 14.2. The molecule has 2 N–H and O–H groups in total. The summed E-state index contributed by atoms with van der Waals surface area (Å²) in [6.07, 6.45) is 0.296. The molecule has 1 amide bonds. The summed E-state index contributed by atoms with van der Waals surface area (Å²) < 4.78 is 6.18. The molecular weight excluding hydrogens is 308 g/mol. The second kappa shape index (κ2) is 5.06. The number of aryl methyl sites for hydroxylation is 1. The van der Waals surface area contributed by atoms with Gasteiger partial charge in [-0.25, -0.2) is 0 Å². The van der Waals surface area contributed by atoms with Crippen molar-refractivity contribution in [2.75, 3.05) is 0 Å². The minimum Gasteiger partial charge on any atom is -0.485 e. The van der Waals surface area contributed by atoms with Crippen LogP contribution in [0.15, 0.2) is 48.5 Å². The van der Waals surface area contributed by atoms with Gasteiger partial charge in [-0.15, -0.1) is 0 Å². The van der Waals surface area contributed by atoms with Crippen LogP contribution in [0.4, 0.5) is 0 Å². The van der Waals surface area contributed by atoms with Crippen LogP contribution >= 0.6 is 12.2 Å². The van der Waals surface area contributed by atoms with Gasteiger partial charge in [-0.2, -0.15) is 0 Å². The number of hydrogen-bond donors (Lipinski definition) is 2. The fraction of sp³-hybridized carbons (Fsp3) is 0.222. The lowest BCUT2D eigenvalue weighted by atomic mass is 9.80. The number of hydrogen-bond acceptors (Lipinski definition) is 3. The van der Waals surface area contributed by atoms with Crippen LogP contribution in [-0.4, -0.2) is 11.0 Å². The first-order valence-corrected chi connectivity index (χ1v) is 7.96. The van der Waals surface area contributed by atoms with E-state index >= 15 is 0 Å². The standard InChI is InChI=1S/C18H16N2O2S/c1-11-7-8-14-13(9-11)18(16(21)19-17(23)20-18)10-15(22-14)12-5-3-2-4-6-12/h2-9,15H,10H2,1H3,(H2,19,20,21,23). The van der Waals surface area contributed by atoms with Gasteiger partial charge in [-0.05, 0) is 36.8 Å². The molecule has 0 aliphatic carbocycles. The second-order valence-corrected chi connectivity index (χ2v) is 6.44. The molecule has 2 aromatic rings. The zero-order valence-corrected chi connectivity index (χ0v) is 13.4. The van der Waals surface area contributed by atoms with E-state index in [0.29, 0.717) is 11.5 Å². The van der Waals surface area contributed by atoms with Crippen molar-refractivity contribution in [3.63, 3.8) is 0 Å². The number of carbonyl (C=O) groups is 1. The van der Waals surface area contributed by atoms with E-state index in [0.717, 1.165) is 22.4 Å². The van der Waals surface area contributed by atoms with Gasteiger partial charge in [0.15, 0.2) is 10.7 Å². The smallest absolute Gasteiger partial charge is 0.256 e. The highest BCUT2D eigenvalue weighted by Crippen LogP contribution is 2.46. The van der Waals surface area contributed by atoms with Gasteiger partial charge in [0.2, 0.25) is 0 Å². The first-order chi connectivity index (χ1) is 11.1. The summed E-state index contributed by atoms with van der Waals surface area (Å²) in [5.41, 5.74) is 2.11. The quantitative estimate of drug-likeness (QED) is 0.792. The number of benzene rings is 2. The van der Waals surface area contributed by atoms with Crippen LogP contribution in [0.25, 0.3) is 0 Å². The predicted molar refractivity (Wildman–Crippen MR) is 91.2 cm³/mol. The molecule has 1 spiro atoms. The SMILES string of the molecule is Cc1ccc2c(c1)C1(CC(c3ccccc3)O2)NC(=S)NC1=O. The van der Waals surface area contributed by atoms with Crippen molar-refractivity contribution in [2.45, 2.75) is 25.0 Å². The van der Waals surface area contributed by atoms with Gasteiger partial charge in [0.25, 0.3) is 5.91 Å². The molecular formula is C18H16N2O2S. The molecule has 1 fully saturated rings. The van der Waals surface area contributed by atoms with E-state index < -0.39 is 5.54 Å². The maximum absolute atomic E-state index is 12.7. The molecule has 5 heteroatoms. The molecule has 1 saturated heterocycles. The van der Waals surface area contributed by atoms with Crippen LogP contribution < -0.4 is 15.4 Å². The molecule has 4 rings (SSSR count). The van der Waals surface area contributed by atoms with Gasteiger partial charge < -0.3 is 15.4 Å². The van der Waals surface area contributed by atoms with E-state index in [1.165, 1.54) is 0 Å². The summed E-state index contributed by atoms with van der Waals surface area (Å²) in [7, 11) is 0. The molecule has 116 valence electrons. The number of amides is 1. The maximum atomic E-state index is 12.7. The molecule has 2 unspecified atom stereocenters. The molecule has 0 bridgehead atoms. The van der Waals surface area contributed by atoms with Crippen LogP contribution in [0, 0.1) is 6.92 Å². The highest BCUT2D eigenvalue weighted by atomic mass is 32.1. The van der Waals surface area contributed by atoms with Crippen LogP contribution in [-0.2, 0) is 10.3 Å². The van der Waals surface area contributed by atoms with Gasteiger partial charge >= 0.3 is 0 Å². The van der Waals surface area contributed by atoms with Crippen molar-refractivity contribution in [1.82, 2.24) is 10.6 Å². The number of thiocarbonyl (C=S) groups is 1. The normalized spacial score (nSPS) is 25.5. The fourth-order valence-corrected chi connectivity index (χ4v) is 3.61. The molecule has 2 aliphatic rings. The number of ether oxygens (including phenoxy) is 1. The Kier molecular flexibility index (Phi) is 3.13. The highest BCUT2D eigenvalue weighted by molar-refractivity contribution is 7.80. The lowest BCUT2D eigenvalue weighted by Crippen LogP contribution is -2.48. The Morgan fingerprint density at radius 3 is 2.70 bits per heavy atom. The zero-order chi connectivity index (χ0) is 16.0. The van der Waals surface area contributed by atoms with Gasteiger partial charge in [-0.1, -0.05) is 42.0 Å². The van der Waals surface area contributed by atoms with Crippen molar-refractivity contribution < 1.29 is 9.53 Å². The minimum atomic E-state index is -0.864. The van der Waals surface area contributed by atoms with Crippen LogP contribution in [0.3, 0.4) is 0 Å². The topological polar surface area (TPSA) is 50.4 Å². The fourth-order valence-electron chi connectivity index (χ4n) is 3.34. The summed E-state index contributed by atoms with van der Waals surface area (Å²) in [6.45, 7) is 2.00. The average Bonchev–Trinajstić information content (AvgIpc) is 2.83. The van der Waals surface area contributed by atoms with E-state index in [2.05, 4.69) is 10.6 Å².